The molecule has 96 valence electrons. The summed E-state index contributed by atoms with van der Waals surface area (Å²) in [6.45, 7) is 3.31. The lowest BCUT2D eigenvalue weighted by atomic mass is 10.0. The van der Waals surface area contributed by atoms with Gasteiger partial charge >= 0.3 is 0 Å². The monoisotopic (exact) mass is 244 g/mol. The third-order valence-corrected chi connectivity index (χ3v) is 3.65. The summed E-state index contributed by atoms with van der Waals surface area (Å²) in [6.07, 6.45) is 5.22. The van der Waals surface area contributed by atoms with Crippen LogP contribution < -0.4 is 10.1 Å². The van der Waals surface area contributed by atoms with E-state index in [2.05, 4.69) is 24.4 Å². The van der Waals surface area contributed by atoms with Crippen LogP contribution in [0.3, 0.4) is 0 Å². The van der Waals surface area contributed by atoms with Crippen LogP contribution in [0.5, 0.6) is 5.75 Å². The van der Waals surface area contributed by atoms with E-state index in [0.29, 0.717) is 5.54 Å². The van der Waals surface area contributed by atoms with Crippen molar-refractivity contribution in [2.45, 2.75) is 44.7 Å². The molecule has 0 spiro atoms. The lowest BCUT2D eigenvalue weighted by Crippen LogP contribution is -2.38. The van der Waals surface area contributed by atoms with E-state index >= 15 is 0 Å². The highest BCUT2D eigenvalue weighted by Crippen LogP contribution is 2.29. The third kappa shape index (κ3) is 3.48. The van der Waals surface area contributed by atoms with Crippen molar-refractivity contribution in [1.82, 2.24) is 5.32 Å². The summed E-state index contributed by atoms with van der Waals surface area (Å²) in [5.74, 6) is 0.757. The predicted molar refractivity (Wildman–Crippen MR) is 71.3 cm³/mol. The molecular formula is C15H20N2O. The van der Waals surface area contributed by atoms with E-state index in [4.69, 9.17) is 10.00 Å². The number of nitrogens with zero attached hydrogens (tertiary/aromatic N) is 1. The minimum atomic E-state index is 0.107. The standard InChI is InChI=1S/C15H20N2O/c1-15(8-2-3-9-15)17-12-13-4-6-14(7-5-13)18-11-10-16/h4-7,17H,2-3,8-9,11-12H2,1H3. The van der Waals surface area contributed by atoms with Crippen LogP contribution >= 0.6 is 0 Å². The molecule has 2 rings (SSSR count). The Morgan fingerprint density at radius 1 is 1.28 bits per heavy atom. The number of nitriles is 1. The van der Waals surface area contributed by atoms with Gasteiger partial charge in [-0.05, 0) is 37.5 Å². The third-order valence-electron chi connectivity index (χ3n) is 3.65. The van der Waals surface area contributed by atoms with Gasteiger partial charge in [0.2, 0.25) is 0 Å². The minimum Gasteiger partial charge on any atom is -0.479 e. The maximum atomic E-state index is 8.43. The summed E-state index contributed by atoms with van der Waals surface area (Å²) in [6, 6.07) is 9.91. The first-order chi connectivity index (χ1) is 8.72. The highest BCUT2D eigenvalue weighted by molar-refractivity contribution is 5.27. The topological polar surface area (TPSA) is 45.0 Å². The van der Waals surface area contributed by atoms with Crippen LogP contribution in [0.25, 0.3) is 0 Å². The second kappa shape index (κ2) is 5.88. The second-order valence-electron chi connectivity index (χ2n) is 5.21. The van der Waals surface area contributed by atoms with Crippen LogP contribution in [0.15, 0.2) is 24.3 Å². The molecule has 0 atom stereocenters. The number of benzene rings is 1. The number of hydrogen-bond acceptors (Lipinski definition) is 3. The quantitative estimate of drug-likeness (QED) is 0.866. The fraction of sp³-hybridized carbons (Fsp3) is 0.533. The molecule has 1 aliphatic rings. The van der Waals surface area contributed by atoms with E-state index in [1.165, 1.54) is 31.2 Å². The summed E-state index contributed by atoms with van der Waals surface area (Å²) in [4.78, 5) is 0. The average molecular weight is 244 g/mol. The first-order valence-electron chi connectivity index (χ1n) is 6.56. The Bertz CT molecular complexity index is 413. The summed E-state index contributed by atoms with van der Waals surface area (Å²) < 4.78 is 5.23. The highest BCUT2D eigenvalue weighted by atomic mass is 16.5. The summed E-state index contributed by atoms with van der Waals surface area (Å²) in [7, 11) is 0. The van der Waals surface area contributed by atoms with Crippen LogP contribution in [0.1, 0.15) is 38.2 Å². The fourth-order valence-corrected chi connectivity index (χ4v) is 2.47. The zero-order valence-electron chi connectivity index (χ0n) is 10.9. The molecule has 0 radical (unpaired) electrons. The molecule has 3 nitrogen and oxygen atoms in total. The van der Waals surface area contributed by atoms with E-state index in [0.717, 1.165) is 12.3 Å². The van der Waals surface area contributed by atoms with Crippen molar-refractivity contribution >= 4 is 0 Å². The first-order valence-corrected chi connectivity index (χ1v) is 6.56. The van der Waals surface area contributed by atoms with Gasteiger partial charge in [0.15, 0.2) is 6.61 Å². The molecule has 0 amide bonds. The molecule has 1 saturated carbocycles. The largest absolute Gasteiger partial charge is 0.479 e. The van der Waals surface area contributed by atoms with Crippen LogP contribution in [0.2, 0.25) is 0 Å². The highest BCUT2D eigenvalue weighted by Gasteiger charge is 2.27. The Balaban J connectivity index is 1.84. The van der Waals surface area contributed by atoms with Crippen molar-refractivity contribution in [1.29, 1.82) is 5.26 Å². The van der Waals surface area contributed by atoms with Gasteiger partial charge in [-0.2, -0.15) is 5.26 Å². The fourth-order valence-electron chi connectivity index (χ4n) is 2.47. The Morgan fingerprint density at radius 3 is 2.56 bits per heavy atom. The lowest BCUT2D eigenvalue weighted by Gasteiger charge is -2.25. The Labute approximate surface area is 109 Å². The smallest absolute Gasteiger partial charge is 0.174 e. The van der Waals surface area contributed by atoms with E-state index < -0.39 is 0 Å². The second-order valence-corrected chi connectivity index (χ2v) is 5.21. The van der Waals surface area contributed by atoms with E-state index in [-0.39, 0.29) is 6.61 Å². The molecule has 1 fully saturated rings. The van der Waals surface area contributed by atoms with Crippen LogP contribution in [-0.4, -0.2) is 12.1 Å². The van der Waals surface area contributed by atoms with Gasteiger partial charge in [-0.1, -0.05) is 25.0 Å². The van der Waals surface area contributed by atoms with E-state index in [9.17, 15) is 0 Å². The van der Waals surface area contributed by atoms with Crippen molar-refractivity contribution in [3.05, 3.63) is 29.8 Å². The van der Waals surface area contributed by atoms with E-state index in [1.807, 2.05) is 18.2 Å². The SMILES string of the molecule is CC1(NCc2ccc(OCC#N)cc2)CCCC1. The summed E-state index contributed by atoms with van der Waals surface area (Å²) in [5, 5.41) is 12.1. The molecule has 0 heterocycles. The molecule has 3 heteroatoms. The maximum Gasteiger partial charge on any atom is 0.174 e. The molecule has 0 bridgehead atoms. The number of rotatable bonds is 5. The molecule has 1 aromatic rings. The molecule has 1 aromatic carbocycles. The van der Waals surface area contributed by atoms with Gasteiger partial charge in [-0.3, -0.25) is 0 Å². The van der Waals surface area contributed by atoms with Crippen LogP contribution in [0.4, 0.5) is 0 Å². The molecule has 0 aromatic heterocycles. The van der Waals surface area contributed by atoms with Gasteiger partial charge < -0.3 is 10.1 Å². The van der Waals surface area contributed by atoms with Gasteiger partial charge in [-0.25, -0.2) is 0 Å². The van der Waals surface area contributed by atoms with Crippen LogP contribution in [0, 0.1) is 11.3 Å². The van der Waals surface area contributed by atoms with Gasteiger partial charge in [0, 0.05) is 12.1 Å². The Kier molecular flexibility index (Phi) is 4.22. The van der Waals surface area contributed by atoms with Crippen molar-refractivity contribution < 1.29 is 4.74 Å². The molecule has 1 N–H and O–H groups in total. The normalized spacial score (nSPS) is 17.3. The molecule has 1 aliphatic carbocycles. The summed E-state index contributed by atoms with van der Waals surface area (Å²) >= 11 is 0. The van der Waals surface area contributed by atoms with E-state index in [1.54, 1.807) is 0 Å². The molecular weight excluding hydrogens is 224 g/mol. The van der Waals surface area contributed by atoms with Gasteiger partial charge in [0.1, 0.15) is 11.8 Å². The first kappa shape index (κ1) is 12.9. The lowest BCUT2D eigenvalue weighted by molar-refractivity contribution is 0.361. The van der Waals surface area contributed by atoms with Crippen molar-refractivity contribution in [2.75, 3.05) is 6.61 Å². The average Bonchev–Trinajstić information content (AvgIpc) is 2.83. The minimum absolute atomic E-state index is 0.107. The zero-order chi connectivity index (χ0) is 12.8. The Morgan fingerprint density at radius 2 is 1.94 bits per heavy atom. The molecule has 0 saturated heterocycles. The van der Waals surface area contributed by atoms with Gasteiger partial charge in [0.25, 0.3) is 0 Å². The number of nitrogens with one attached hydrogen (secondary N) is 1. The maximum absolute atomic E-state index is 8.43. The number of ether oxygens (including phenoxy) is 1. The number of hydrogen-bond donors (Lipinski definition) is 1. The molecule has 0 aliphatic heterocycles. The van der Waals surface area contributed by atoms with Crippen molar-refractivity contribution in [3.8, 4) is 11.8 Å². The van der Waals surface area contributed by atoms with Crippen molar-refractivity contribution in [2.24, 2.45) is 0 Å². The summed E-state index contributed by atoms with van der Waals surface area (Å²) in [5.41, 5.74) is 1.57. The van der Waals surface area contributed by atoms with Gasteiger partial charge in [-0.15, -0.1) is 0 Å². The van der Waals surface area contributed by atoms with Crippen LogP contribution in [-0.2, 0) is 6.54 Å². The van der Waals surface area contributed by atoms with Gasteiger partial charge in [0.05, 0.1) is 0 Å². The zero-order valence-corrected chi connectivity index (χ0v) is 10.9. The molecule has 18 heavy (non-hydrogen) atoms. The Hall–Kier alpha value is -1.53. The predicted octanol–water partition coefficient (Wildman–Crippen LogP) is 3.01. The van der Waals surface area contributed by atoms with Crippen molar-refractivity contribution in [3.63, 3.8) is 0 Å². The molecule has 0 unspecified atom stereocenters.